The third-order valence-electron chi connectivity index (χ3n) is 3.59. The fraction of sp³-hybridized carbons (Fsp3) is 1.00. The van der Waals surface area contributed by atoms with E-state index < -0.39 is 0 Å². The van der Waals surface area contributed by atoms with E-state index in [9.17, 15) is 0 Å². The molecule has 2 heteroatoms. The quantitative estimate of drug-likeness (QED) is 0.705. The summed E-state index contributed by atoms with van der Waals surface area (Å²) in [6.07, 6.45) is 9.12. The average Bonchev–Trinajstić information content (AvgIpc) is 2.77. The van der Waals surface area contributed by atoms with Gasteiger partial charge in [0.25, 0.3) is 0 Å². The van der Waals surface area contributed by atoms with Crippen LogP contribution in [0.2, 0.25) is 0 Å². The molecule has 2 N–H and O–H groups in total. The van der Waals surface area contributed by atoms with E-state index in [4.69, 9.17) is 10.5 Å². The molecule has 3 atom stereocenters. The van der Waals surface area contributed by atoms with Gasteiger partial charge in [-0.3, -0.25) is 0 Å². The van der Waals surface area contributed by atoms with Crippen molar-refractivity contribution in [1.82, 2.24) is 0 Å². The van der Waals surface area contributed by atoms with Gasteiger partial charge in [0.2, 0.25) is 0 Å². The first-order valence-electron chi connectivity index (χ1n) is 6.65. The third kappa shape index (κ3) is 4.52. The summed E-state index contributed by atoms with van der Waals surface area (Å²) in [7, 11) is 0. The van der Waals surface area contributed by atoms with Gasteiger partial charge in [0, 0.05) is 12.6 Å². The average molecular weight is 213 g/mol. The molecule has 3 unspecified atom stereocenters. The molecular weight excluding hydrogens is 186 g/mol. The lowest BCUT2D eigenvalue weighted by molar-refractivity contribution is 0.0814. The van der Waals surface area contributed by atoms with E-state index in [1.165, 1.54) is 38.5 Å². The lowest BCUT2D eigenvalue weighted by Gasteiger charge is -2.23. The van der Waals surface area contributed by atoms with Crippen molar-refractivity contribution in [2.24, 2.45) is 11.7 Å². The molecular formula is C13H27NO. The molecule has 1 fully saturated rings. The largest absolute Gasteiger partial charge is 0.377 e. The Morgan fingerprint density at radius 2 is 2.20 bits per heavy atom. The highest BCUT2D eigenvalue weighted by atomic mass is 16.5. The number of rotatable bonds is 7. The van der Waals surface area contributed by atoms with Crippen LogP contribution in [-0.4, -0.2) is 18.8 Å². The van der Waals surface area contributed by atoms with E-state index in [0.717, 1.165) is 18.9 Å². The van der Waals surface area contributed by atoms with Gasteiger partial charge in [-0.05, 0) is 25.2 Å². The summed E-state index contributed by atoms with van der Waals surface area (Å²) in [5.74, 6) is 0.809. The summed E-state index contributed by atoms with van der Waals surface area (Å²) in [6.45, 7) is 5.46. The molecule has 0 aromatic rings. The van der Waals surface area contributed by atoms with Gasteiger partial charge in [0.15, 0.2) is 0 Å². The Morgan fingerprint density at radius 3 is 2.73 bits per heavy atom. The Labute approximate surface area is 94.6 Å². The number of hydrogen-bond donors (Lipinski definition) is 1. The minimum absolute atomic E-state index is 0.273. The molecule has 0 amide bonds. The molecule has 1 rings (SSSR count). The van der Waals surface area contributed by atoms with Crippen LogP contribution in [0, 0.1) is 5.92 Å². The molecule has 0 bridgehead atoms. The predicted octanol–water partition coefficient (Wildman–Crippen LogP) is 3.10. The Hall–Kier alpha value is -0.0800. The molecule has 1 aliphatic heterocycles. The Morgan fingerprint density at radius 1 is 1.40 bits per heavy atom. The second kappa shape index (κ2) is 7.24. The van der Waals surface area contributed by atoms with Crippen molar-refractivity contribution < 1.29 is 4.74 Å². The van der Waals surface area contributed by atoms with Crippen LogP contribution in [0.25, 0.3) is 0 Å². The van der Waals surface area contributed by atoms with E-state index in [-0.39, 0.29) is 6.04 Å². The molecule has 2 nitrogen and oxygen atoms in total. The minimum atomic E-state index is 0.273. The lowest BCUT2D eigenvalue weighted by atomic mass is 9.90. The van der Waals surface area contributed by atoms with Gasteiger partial charge in [-0.15, -0.1) is 0 Å². The minimum Gasteiger partial charge on any atom is -0.377 e. The summed E-state index contributed by atoms with van der Waals surface area (Å²) in [4.78, 5) is 0. The maximum atomic E-state index is 6.20. The highest BCUT2D eigenvalue weighted by Crippen LogP contribution is 2.23. The van der Waals surface area contributed by atoms with Crippen LogP contribution in [0.4, 0.5) is 0 Å². The third-order valence-corrected chi connectivity index (χ3v) is 3.59. The molecule has 0 spiro atoms. The van der Waals surface area contributed by atoms with Crippen molar-refractivity contribution in [3.8, 4) is 0 Å². The zero-order valence-electron chi connectivity index (χ0n) is 10.4. The van der Waals surface area contributed by atoms with Crippen molar-refractivity contribution in [3.63, 3.8) is 0 Å². The van der Waals surface area contributed by atoms with Crippen molar-refractivity contribution in [1.29, 1.82) is 0 Å². The first-order valence-corrected chi connectivity index (χ1v) is 6.65. The monoisotopic (exact) mass is 213 g/mol. The van der Waals surface area contributed by atoms with Gasteiger partial charge >= 0.3 is 0 Å². The van der Waals surface area contributed by atoms with Crippen molar-refractivity contribution >= 4 is 0 Å². The second-order valence-electron chi connectivity index (χ2n) is 4.87. The molecule has 1 saturated heterocycles. The smallest absolute Gasteiger partial charge is 0.0726 e. The first kappa shape index (κ1) is 13.0. The molecule has 0 aliphatic carbocycles. The summed E-state index contributed by atoms with van der Waals surface area (Å²) in [6, 6.07) is 0.273. The second-order valence-corrected chi connectivity index (χ2v) is 4.87. The van der Waals surface area contributed by atoms with E-state index in [1.54, 1.807) is 0 Å². The fourth-order valence-electron chi connectivity index (χ4n) is 2.46. The standard InChI is InChI=1S/C13H27NO/c1-3-5-7-11(4-2)10-12(14)13-8-6-9-15-13/h11-13H,3-10,14H2,1-2H3. The van der Waals surface area contributed by atoms with Gasteiger partial charge in [0.05, 0.1) is 6.10 Å². The van der Waals surface area contributed by atoms with Gasteiger partial charge < -0.3 is 10.5 Å². The molecule has 0 radical (unpaired) electrons. The zero-order chi connectivity index (χ0) is 11.1. The molecule has 0 aromatic heterocycles. The molecule has 15 heavy (non-hydrogen) atoms. The molecule has 90 valence electrons. The first-order chi connectivity index (χ1) is 7.27. The van der Waals surface area contributed by atoms with Crippen molar-refractivity contribution in [2.75, 3.05) is 6.61 Å². The molecule has 0 aromatic carbocycles. The highest BCUT2D eigenvalue weighted by Gasteiger charge is 2.24. The molecule has 0 saturated carbocycles. The van der Waals surface area contributed by atoms with Crippen LogP contribution in [0.5, 0.6) is 0 Å². The van der Waals surface area contributed by atoms with Crippen LogP contribution < -0.4 is 5.73 Å². The van der Waals surface area contributed by atoms with E-state index in [2.05, 4.69) is 13.8 Å². The number of nitrogens with two attached hydrogens (primary N) is 1. The Bertz CT molecular complexity index is 155. The fourth-order valence-corrected chi connectivity index (χ4v) is 2.46. The molecule has 1 heterocycles. The van der Waals surface area contributed by atoms with E-state index >= 15 is 0 Å². The number of hydrogen-bond acceptors (Lipinski definition) is 2. The van der Waals surface area contributed by atoms with Gasteiger partial charge in [-0.2, -0.15) is 0 Å². The van der Waals surface area contributed by atoms with Crippen LogP contribution >= 0.6 is 0 Å². The normalized spacial score (nSPS) is 25.4. The Balaban J connectivity index is 2.23. The summed E-state index contributed by atoms with van der Waals surface area (Å²) < 4.78 is 5.64. The van der Waals surface area contributed by atoms with Crippen molar-refractivity contribution in [2.45, 2.75) is 70.9 Å². The maximum absolute atomic E-state index is 6.20. The van der Waals surface area contributed by atoms with Crippen LogP contribution in [0.15, 0.2) is 0 Å². The zero-order valence-corrected chi connectivity index (χ0v) is 10.4. The highest BCUT2D eigenvalue weighted by molar-refractivity contribution is 4.79. The van der Waals surface area contributed by atoms with Crippen LogP contribution in [0.1, 0.15) is 58.8 Å². The van der Waals surface area contributed by atoms with Crippen LogP contribution in [0.3, 0.4) is 0 Å². The topological polar surface area (TPSA) is 35.2 Å². The van der Waals surface area contributed by atoms with E-state index in [1.807, 2.05) is 0 Å². The summed E-state index contributed by atoms with van der Waals surface area (Å²) in [5, 5.41) is 0. The summed E-state index contributed by atoms with van der Waals surface area (Å²) >= 11 is 0. The Kier molecular flexibility index (Phi) is 6.26. The van der Waals surface area contributed by atoms with Gasteiger partial charge in [0.1, 0.15) is 0 Å². The van der Waals surface area contributed by atoms with Crippen LogP contribution in [-0.2, 0) is 4.74 Å². The van der Waals surface area contributed by atoms with Gasteiger partial charge in [-0.1, -0.05) is 39.5 Å². The SMILES string of the molecule is CCCCC(CC)CC(N)C1CCCO1. The molecule has 1 aliphatic rings. The van der Waals surface area contributed by atoms with Gasteiger partial charge in [-0.25, -0.2) is 0 Å². The predicted molar refractivity (Wildman–Crippen MR) is 64.9 cm³/mol. The maximum Gasteiger partial charge on any atom is 0.0726 e. The van der Waals surface area contributed by atoms with Crippen molar-refractivity contribution in [3.05, 3.63) is 0 Å². The number of unbranched alkanes of at least 4 members (excludes halogenated alkanes) is 1. The van der Waals surface area contributed by atoms with E-state index in [0.29, 0.717) is 6.10 Å². The number of ether oxygens (including phenoxy) is 1. The lowest BCUT2D eigenvalue weighted by Crippen LogP contribution is -2.36. The summed E-state index contributed by atoms with van der Waals surface area (Å²) in [5.41, 5.74) is 6.20.